The highest BCUT2D eigenvalue weighted by Crippen LogP contribution is 2.28. The maximum atomic E-state index is 13.1. The summed E-state index contributed by atoms with van der Waals surface area (Å²) in [4.78, 5) is 51.3. The lowest BCUT2D eigenvalue weighted by Crippen LogP contribution is -2.54. The van der Waals surface area contributed by atoms with Gasteiger partial charge in [-0.3, -0.25) is 19.7 Å². The molecule has 3 aromatic carbocycles. The average molecular weight is 504 g/mol. The van der Waals surface area contributed by atoms with Gasteiger partial charge in [0, 0.05) is 16.3 Å². The van der Waals surface area contributed by atoms with Gasteiger partial charge in [0.15, 0.2) is 6.61 Å². The van der Waals surface area contributed by atoms with E-state index in [9.17, 15) is 19.2 Å². The topological polar surface area (TPSA) is 105 Å². The second kappa shape index (κ2) is 10.5. The third kappa shape index (κ3) is 5.45. The van der Waals surface area contributed by atoms with Crippen LogP contribution in [0.1, 0.15) is 16.7 Å². The number of nitrogens with one attached hydrogen (secondary N) is 2. The van der Waals surface area contributed by atoms with Crippen LogP contribution in [0.4, 0.5) is 16.2 Å². The van der Waals surface area contributed by atoms with Crippen molar-refractivity contribution < 1.29 is 23.9 Å². The molecular formula is C27H22ClN3O5. The lowest BCUT2D eigenvalue weighted by Gasteiger charge is -2.26. The number of imide groups is 2. The van der Waals surface area contributed by atoms with Crippen molar-refractivity contribution in [3.05, 3.63) is 94.0 Å². The number of benzene rings is 3. The van der Waals surface area contributed by atoms with Gasteiger partial charge in [0.05, 0.1) is 5.69 Å². The standard InChI is InChI=1S/C27H22ClN3O5/c1-16-8-10-20(12-17(16)2)29-24(32)15-36-23-11-9-19(28)13-18(23)14-22-25(33)30-27(35)31(26(22)34)21-6-4-3-5-7-21/h3-14H,15H2,1-2H3,(H,29,32)(H,30,33,35)/b22-14-. The average Bonchev–Trinajstić information content (AvgIpc) is 2.84. The van der Waals surface area contributed by atoms with E-state index in [4.69, 9.17) is 16.3 Å². The van der Waals surface area contributed by atoms with Crippen LogP contribution in [0.25, 0.3) is 6.08 Å². The number of hydrogen-bond acceptors (Lipinski definition) is 5. The Balaban J connectivity index is 1.56. The molecule has 0 radical (unpaired) electrons. The molecule has 5 amide bonds. The molecule has 1 heterocycles. The van der Waals surface area contributed by atoms with Crippen molar-refractivity contribution in [1.82, 2.24) is 5.32 Å². The lowest BCUT2D eigenvalue weighted by molar-refractivity contribution is -0.122. The number of ether oxygens (including phenoxy) is 1. The number of aryl methyl sites for hydroxylation is 2. The minimum absolute atomic E-state index is 0.228. The van der Waals surface area contributed by atoms with Crippen LogP contribution in [0.2, 0.25) is 5.02 Å². The third-order valence-electron chi connectivity index (χ3n) is 5.54. The highest BCUT2D eigenvalue weighted by Gasteiger charge is 2.36. The van der Waals surface area contributed by atoms with Gasteiger partial charge in [-0.25, -0.2) is 9.69 Å². The first-order valence-corrected chi connectivity index (χ1v) is 11.4. The summed E-state index contributed by atoms with van der Waals surface area (Å²) in [5.74, 6) is -1.81. The van der Waals surface area contributed by atoms with E-state index in [2.05, 4.69) is 10.6 Å². The van der Waals surface area contributed by atoms with Crippen molar-refractivity contribution in [2.75, 3.05) is 16.8 Å². The lowest BCUT2D eigenvalue weighted by atomic mass is 10.1. The maximum absolute atomic E-state index is 13.1. The van der Waals surface area contributed by atoms with Gasteiger partial charge in [-0.05, 0) is 73.5 Å². The minimum atomic E-state index is -0.851. The summed E-state index contributed by atoms with van der Waals surface area (Å²) in [6, 6.07) is 17.5. The van der Waals surface area contributed by atoms with Gasteiger partial charge in [-0.15, -0.1) is 0 Å². The predicted octanol–water partition coefficient (Wildman–Crippen LogP) is 4.64. The molecular weight excluding hydrogens is 482 g/mol. The van der Waals surface area contributed by atoms with Crippen molar-refractivity contribution in [2.45, 2.75) is 13.8 Å². The van der Waals surface area contributed by atoms with Crippen LogP contribution < -0.4 is 20.3 Å². The zero-order chi connectivity index (χ0) is 25.8. The number of para-hydroxylation sites is 1. The Labute approximate surface area is 212 Å². The van der Waals surface area contributed by atoms with Gasteiger partial charge in [0.25, 0.3) is 17.7 Å². The van der Waals surface area contributed by atoms with E-state index in [-0.39, 0.29) is 23.8 Å². The molecule has 0 saturated carbocycles. The number of nitrogens with zero attached hydrogens (tertiary/aromatic N) is 1. The van der Waals surface area contributed by atoms with Crippen LogP contribution in [0.3, 0.4) is 0 Å². The molecule has 1 aliphatic rings. The highest BCUT2D eigenvalue weighted by atomic mass is 35.5. The number of hydrogen-bond donors (Lipinski definition) is 2. The Kier molecular flexibility index (Phi) is 7.17. The second-order valence-corrected chi connectivity index (χ2v) is 8.55. The monoisotopic (exact) mass is 503 g/mol. The van der Waals surface area contributed by atoms with Crippen molar-refractivity contribution in [1.29, 1.82) is 0 Å². The number of barbiturate groups is 1. The smallest absolute Gasteiger partial charge is 0.335 e. The van der Waals surface area contributed by atoms with Gasteiger partial charge in [-0.1, -0.05) is 35.9 Å². The largest absolute Gasteiger partial charge is 0.483 e. The summed E-state index contributed by atoms with van der Waals surface area (Å²) in [6.07, 6.45) is 1.28. The normalized spacial score (nSPS) is 14.6. The SMILES string of the molecule is Cc1ccc(NC(=O)COc2ccc(Cl)cc2/C=C2/C(=O)NC(=O)N(c3ccccc3)C2=O)cc1C. The molecule has 1 aliphatic heterocycles. The maximum Gasteiger partial charge on any atom is 0.335 e. The molecule has 0 atom stereocenters. The molecule has 3 aromatic rings. The van der Waals surface area contributed by atoms with Gasteiger partial charge < -0.3 is 10.1 Å². The zero-order valence-electron chi connectivity index (χ0n) is 19.5. The van der Waals surface area contributed by atoms with Gasteiger partial charge in [-0.2, -0.15) is 0 Å². The van der Waals surface area contributed by atoms with E-state index in [1.54, 1.807) is 42.5 Å². The first kappa shape index (κ1) is 24.7. The molecule has 36 heavy (non-hydrogen) atoms. The van der Waals surface area contributed by atoms with Crippen LogP contribution in [0, 0.1) is 13.8 Å². The minimum Gasteiger partial charge on any atom is -0.483 e. The van der Waals surface area contributed by atoms with E-state index in [1.165, 1.54) is 18.2 Å². The fourth-order valence-electron chi connectivity index (χ4n) is 3.55. The molecule has 0 spiro atoms. The number of amides is 5. The Morgan fingerprint density at radius 3 is 2.47 bits per heavy atom. The van der Waals surface area contributed by atoms with Gasteiger partial charge in [0.1, 0.15) is 11.3 Å². The second-order valence-electron chi connectivity index (χ2n) is 8.11. The summed E-state index contributed by atoms with van der Waals surface area (Å²) >= 11 is 6.14. The number of urea groups is 1. The van der Waals surface area contributed by atoms with E-state index >= 15 is 0 Å². The predicted molar refractivity (Wildman–Crippen MR) is 137 cm³/mol. The number of rotatable bonds is 6. The Hall–Kier alpha value is -4.43. The third-order valence-corrected chi connectivity index (χ3v) is 5.77. The van der Waals surface area contributed by atoms with E-state index < -0.39 is 17.8 Å². The van der Waals surface area contributed by atoms with Crippen molar-refractivity contribution in [3.8, 4) is 5.75 Å². The van der Waals surface area contributed by atoms with Gasteiger partial charge >= 0.3 is 6.03 Å². The van der Waals surface area contributed by atoms with E-state index in [1.807, 2.05) is 26.0 Å². The molecule has 0 bridgehead atoms. The van der Waals surface area contributed by atoms with Crippen LogP contribution >= 0.6 is 11.6 Å². The molecule has 2 N–H and O–H groups in total. The summed E-state index contributed by atoms with van der Waals surface area (Å²) in [5, 5.41) is 5.26. The summed E-state index contributed by atoms with van der Waals surface area (Å²) in [6.45, 7) is 3.61. The van der Waals surface area contributed by atoms with Crippen LogP contribution in [-0.4, -0.2) is 30.4 Å². The van der Waals surface area contributed by atoms with Crippen LogP contribution in [-0.2, 0) is 14.4 Å². The molecule has 0 aromatic heterocycles. The summed E-state index contributed by atoms with van der Waals surface area (Å²) < 4.78 is 5.69. The van der Waals surface area contributed by atoms with Crippen LogP contribution in [0.5, 0.6) is 5.75 Å². The summed E-state index contributed by atoms with van der Waals surface area (Å²) in [5.41, 5.74) is 3.10. The Morgan fingerprint density at radius 1 is 1.00 bits per heavy atom. The number of halogens is 1. The van der Waals surface area contributed by atoms with Gasteiger partial charge in [0.2, 0.25) is 0 Å². The number of anilines is 2. The molecule has 4 rings (SSSR count). The van der Waals surface area contributed by atoms with Crippen molar-refractivity contribution >= 4 is 52.8 Å². The van der Waals surface area contributed by atoms with Crippen LogP contribution in [0.15, 0.2) is 72.3 Å². The highest BCUT2D eigenvalue weighted by molar-refractivity contribution is 6.39. The first-order chi connectivity index (χ1) is 17.2. The molecule has 0 unspecified atom stereocenters. The molecule has 8 nitrogen and oxygen atoms in total. The summed E-state index contributed by atoms with van der Waals surface area (Å²) in [7, 11) is 0. The Morgan fingerprint density at radius 2 is 1.75 bits per heavy atom. The first-order valence-electron chi connectivity index (χ1n) is 11.0. The molecule has 0 aliphatic carbocycles. The number of carbonyl (C=O) groups excluding carboxylic acids is 4. The van der Waals surface area contributed by atoms with E-state index in [0.29, 0.717) is 22.0 Å². The number of carbonyl (C=O) groups is 4. The van der Waals surface area contributed by atoms with Crippen molar-refractivity contribution in [3.63, 3.8) is 0 Å². The fraction of sp³-hybridized carbons (Fsp3) is 0.111. The fourth-order valence-corrected chi connectivity index (χ4v) is 3.73. The zero-order valence-corrected chi connectivity index (χ0v) is 20.3. The molecule has 182 valence electrons. The molecule has 1 saturated heterocycles. The molecule has 1 fully saturated rings. The Bertz CT molecular complexity index is 1400. The van der Waals surface area contributed by atoms with Crippen molar-refractivity contribution in [2.24, 2.45) is 0 Å². The van der Waals surface area contributed by atoms with E-state index in [0.717, 1.165) is 16.0 Å². The molecule has 9 heteroatoms. The quantitative estimate of drug-likeness (QED) is 0.376.